The number of ether oxygens (including phenoxy) is 1. The molecule has 0 saturated heterocycles. The number of imidazole rings is 1. The maximum atomic E-state index is 5.15. The van der Waals surface area contributed by atoms with Crippen molar-refractivity contribution in [2.24, 2.45) is 0 Å². The first-order valence-corrected chi connectivity index (χ1v) is 7.18. The summed E-state index contributed by atoms with van der Waals surface area (Å²) in [7, 11) is 1.69. The molecule has 1 aromatic carbocycles. The van der Waals surface area contributed by atoms with E-state index in [9.17, 15) is 0 Å². The summed E-state index contributed by atoms with van der Waals surface area (Å²) in [4.78, 5) is 4.03. The number of benzene rings is 1. The summed E-state index contributed by atoms with van der Waals surface area (Å²) in [5.41, 5.74) is 1.34. The van der Waals surface area contributed by atoms with Gasteiger partial charge in [0.15, 0.2) is 0 Å². The molecule has 4 heteroatoms. The Hall–Kier alpha value is -1.81. The molecule has 0 spiro atoms. The van der Waals surface area contributed by atoms with E-state index in [4.69, 9.17) is 4.74 Å². The van der Waals surface area contributed by atoms with Crippen molar-refractivity contribution in [1.29, 1.82) is 0 Å². The smallest absolute Gasteiger partial charge is 0.118 e. The van der Waals surface area contributed by atoms with E-state index in [-0.39, 0.29) is 0 Å². The van der Waals surface area contributed by atoms with E-state index in [0.29, 0.717) is 0 Å². The average Bonchev–Trinajstić information content (AvgIpc) is 3.00. The highest BCUT2D eigenvalue weighted by atomic mass is 16.5. The van der Waals surface area contributed by atoms with Crippen LogP contribution in [0.2, 0.25) is 0 Å². The van der Waals surface area contributed by atoms with E-state index in [1.165, 1.54) is 18.4 Å². The normalized spacial score (nSPS) is 10.7. The second-order valence-electron chi connectivity index (χ2n) is 4.86. The first-order chi connectivity index (χ1) is 9.88. The zero-order chi connectivity index (χ0) is 14.0. The number of unbranched alkanes of at least 4 members (excludes halogenated alkanes) is 1. The number of rotatable bonds is 9. The van der Waals surface area contributed by atoms with Crippen LogP contribution >= 0.6 is 0 Å². The number of nitrogens with one attached hydrogen (secondary N) is 1. The molecule has 20 heavy (non-hydrogen) atoms. The van der Waals surface area contributed by atoms with Gasteiger partial charge in [0.1, 0.15) is 5.75 Å². The largest absolute Gasteiger partial charge is 0.497 e. The summed E-state index contributed by atoms with van der Waals surface area (Å²) in [6, 6.07) is 8.28. The summed E-state index contributed by atoms with van der Waals surface area (Å²) in [6.07, 6.45) is 9.15. The van der Waals surface area contributed by atoms with Crippen LogP contribution in [0.4, 0.5) is 0 Å². The third-order valence-electron chi connectivity index (χ3n) is 3.33. The van der Waals surface area contributed by atoms with Crippen molar-refractivity contribution in [3.8, 4) is 5.75 Å². The quantitative estimate of drug-likeness (QED) is 0.714. The lowest BCUT2D eigenvalue weighted by Crippen LogP contribution is -2.18. The van der Waals surface area contributed by atoms with Gasteiger partial charge in [0.2, 0.25) is 0 Å². The molecule has 2 aromatic rings. The molecule has 0 aliphatic heterocycles. The molecule has 0 aliphatic rings. The minimum absolute atomic E-state index is 0.918. The average molecular weight is 273 g/mol. The zero-order valence-electron chi connectivity index (χ0n) is 12.1. The fourth-order valence-corrected chi connectivity index (χ4v) is 2.11. The van der Waals surface area contributed by atoms with Gasteiger partial charge in [-0.2, -0.15) is 0 Å². The van der Waals surface area contributed by atoms with Crippen molar-refractivity contribution >= 4 is 0 Å². The van der Waals surface area contributed by atoms with Gasteiger partial charge in [-0.1, -0.05) is 12.1 Å². The number of aryl methyl sites for hydroxylation is 1. The van der Waals surface area contributed by atoms with Crippen LogP contribution in [0.3, 0.4) is 0 Å². The van der Waals surface area contributed by atoms with Gasteiger partial charge >= 0.3 is 0 Å². The van der Waals surface area contributed by atoms with E-state index >= 15 is 0 Å². The first kappa shape index (κ1) is 14.6. The van der Waals surface area contributed by atoms with Crippen LogP contribution in [0.25, 0.3) is 0 Å². The summed E-state index contributed by atoms with van der Waals surface area (Å²) in [5, 5.41) is 3.49. The fraction of sp³-hybridized carbons (Fsp3) is 0.438. The molecule has 2 rings (SSSR count). The van der Waals surface area contributed by atoms with Crippen molar-refractivity contribution in [3.63, 3.8) is 0 Å². The van der Waals surface area contributed by atoms with Gasteiger partial charge in [-0.25, -0.2) is 4.98 Å². The number of aromatic nitrogens is 2. The second-order valence-corrected chi connectivity index (χ2v) is 4.86. The van der Waals surface area contributed by atoms with Crippen LogP contribution < -0.4 is 10.1 Å². The van der Waals surface area contributed by atoms with E-state index in [2.05, 4.69) is 27.0 Å². The van der Waals surface area contributed by atoms with Crippen LogP contribution in [0.15, 0.2) is 43.0 Å². The molecule has 1 aromatic heterocycles. The number of hydrogen-bond acceptors (Lipinski definition) is 3. The Balaban J connectivity index is 1.50. The highest BCUT2D eigenvalue weighted by molar-refractivity contribution is 5.27. The van der Waals surface area contributed by atoms with Gasteiger partial charge in [0, 0.05) is 18.9 Å². The molecule has 0 aliphatic carbocycles. The second kappa shape index (κ2) is 8.38. The van der Waals surface area contributed by atoms with Crippen LogP contribution in [0.5, 0.6) is 5.75 Å². The third kappa shape index (κ3) is 5.05. The lowest BCUT2D eigenvalue weighted by Gasteiger charge is -2.06. The molecule has 0 radical (unpaired) electrons. The number of methoxy groups -OCH3 is 1. The van der Waals surface area contributed by atoms with Gasteiger partial charge in [-0.05, 0) is 50.0 Å². The van der Waals surface area contributed by atoms with E-state index < -0.39 is 0 Å². The molecule has 0 fully saturated rings. The first-order valence-electron chi connectivity index (χ1n) is 7.18. The highest BCUT2D eigenvalue weighted by Crippen LogP contribution is 2.11. The predicted molar refractivity (Wildman–Crippen MR) is 81.0 cm³/mol. The Morgan fingerprint density at radius 2 is 2.00 bits per heavy atom. The summed E-state index contributed by atoms with van der Waals surface area (Å²) in [6.45, 7) is 3.16. The number of hydrogen-bond donors (Lipinski definition) is 1. The Morgan fingerprint density at radius 3 is 2.70 bits per heavy atom. The van der Waals surface area contributed by atoms with Gasteiger partial charge in [0.25, 0.3) is 0 Å². The molecule has 1 heterocycles. The molecular weight excluding hydrogens is 250 g/mol. The molecule has 108 valence electrons. The van der Waals surface area contributed by atoms with Crippen molar-refractivity contribution < 1.29 is 4.74 Å². The topological polar surface area (TPSA) is 39.1 Å². The zero-order valence-corrected chi connectivity index (χ0v) is 12.1. The standard InChI is InChI=1S/C16H23N3O/c1-20-16-6-4-15(5-7-16)8-10-17-9-2-3-12-19-13-11-18-14-19/h4-7,11,13-14,17H,2-3,8-10,12H2,1H3. The maximum absolute atomic E-state index is 5.15. The molecule has 0 saturated carbocycles. The monoisotopic (exact) mass is 273 g/mol. The van der Waals surface area contributed by atoms with E-state index in [0.717, 1.165) is 31.8 Å². The van der Waals surface area contributed by atoms with Gasteiger partial charge in [-0.15, -0.1) is 0 Å². The minimum Gasteiger partial charge on any atom is -0.497 e. The lowest BCUT2D eigenvalue weighted by atomic mass is 10.1. The molecule has 0 amide bonds. The maximum Gasteiger partial charge on any atom is 0.118 e. The van der Waals surface area contributed by atoms with Gasteiger partial charge < -0.3 is 14.6 Å². The molecule has 1 N–H and O–H groups in total. The summed E-state index contributed by atoms with van der Waals surface area (Å²) in [5.74, 6) is 0.918. The molecule has 0 unspecified atom stereocenters. The molecular formula is C16H23N3O. The summed E-state index contributed by atoms with van der Waals surface area (Å²) < 4.78 is 7.27. The van der Waals surface area contributed by atoms with Crippen molar-refractivity contribution in [1.82, 2.24) is 14.9 Å². The van der Waals surface area contributed by atoms with Gasteiger partial charge in [-0.3, -0.25) is 0 Å². The highest BCUT2D eigenvalue weighted by Gasteiger charge is 1.95. The van der Waals surface area contributed by atoms with Crippen LogP contribution in [0.1, 0.15) is 18.4 Å². The van der Waals surface area contributed by atoms with E-state index in [1.54, 1.807) is 7.11 Å². The third-order valence-corrected chi connectivity index (χ3v) is 3.33. The van der Waals surface area contributed by atoms with Gasteiger partial charge in [0.05, 0.1) is 13.4 Å². The predicted octanol–water partition coefficient (Wildman–Crippen LogP) is 2.50. The van der Waals surface area contributed by atoms with Crippen LogP contribution in [-0.4, -0.2) is 29.8 Å². The van der Waals surface area contributed by atoms with Crippen molar-refractivity contribution in [2.45, 2.75) is 25.8 Å². The Morgan fingerprint density at radius 1 is 1.15 bits per heavy atom. The van der Waals surface area contributed by atoms with Crippen molar-refractivity contribution in [3.05, 3.63) is 48.5 Å². The Bertz CT molecular complexity index is 465. The molecule has 4 nitrogen and oxygen atoms in total. The minimum atomic E-state index is 0.918. The van der Waals surface area contributed by atoms with Crippen molar-refractivity contribution in [2.75, 3.05) is 20.2 Å². The molecule has 0 bridgehead atoms. The lowest BCUT2D eigenvalue weighted by molar-refractivity contribution is 0.414. The molecule has 0 atom stereocenters. The van der Waals surface area contributed by atoms with Crippen LogP contribution in [-0.2, 0) is 13.0 Å². The van der Waals surface area contributed by atoms with Crippen LogP contribution in [0, 0.1) is 0 Å². The Labute approximate surface area is 120 Å². The fourth-order valence-electron chi connectivity index (χ4n) is 2.11. The van der Waals surface area contributed by atoms with E-state index in [1.807, 2.05) is 30.9 Å². The number of nitrogens with zero attached hydrogens (tertiary/aromatic N) is 2. The SMILES string of the molecule is COc1ccc(CCNCCCCn2ccnc2)cc1. The summed E-state index contributed by atoms with van der Waals surface area (Å²) >= 11 is 0. The Kier molecular flexibility index (Phi) is 6.11.